The lowest BCUT2D eigenvalue weighted by Gasteiger charge is -2.15. The molecule has 2 aromatic carbocycles. The molecule has 3 rings (SSSR count). The van der Waals surface area contributed by atoms with Crippen LogP contribution < -0.4 is 4.57 Å². The standard InChI is InChI=1S/C25H33N2/c1-8-21-13-18(5)12-20(7)24(21)26-10-11-27(16-26)25-22(9-2)14-19(6)15-23(25)17(3)4/h10-17H,8-9H2,1-7H3/q+1. The van der Waals surface area contributed by atoms with Crippen molar-refractivity contribution in [3.63, 3.8) is 0 Å². The SMILES string of the molecule is CCc1cc(C)cc(C(C)C)c1-n1cc[n+](-c2c(C)cc(C)cc2CC)c1. The molecule has 0 spiro atoms. The van der Waals surface area contributed by atoms with E-state index in [1.807, 2.05) is 0 Å². The first-order valence-corrected chi connectivity index (χ1v) is 10.2. The van der Waals surface area contributed by atoms with Crippen molar-refractivity contribution in [1.29, 1.82) is 0 Å². The first-order valence-electron chi connectivity index (χ1n) is 10.2. The highest BCUT2D eigenvalue weighted by molar-refractivity contribution is 5.52. The van der Waals surface area contributed by atoms with Crippen LogP contribution in [0.3, 0.4) is 0 Å². The Bertz CT molecular complexity index is 961. The molecular weight excluding hydrogens is 328 g/mol. The van der Waals surface area contributed by atoms with Gasteiger partial charge >= 0.3 is 0 Å². The summed E-state index contributed by atoms with van der Waals surface area (Å²) in [7, 11) is 0. The molecule has 0 radical (unpaired) electrons. The van der Waals surface area contributed by atoms with Crippen LogP contribution in [0, 0.1) is 20.8 Å². The van der Waals surface area contributed by atoms with E-state index in [1.54, 1.807) is 0 Å². The summed E-state index contributed by atoms with van der Waals surface area (Å²) in [5.74, 6) is 0.494. The van der Waals surface area contributed by atoms with Gasteiger partial charge in [0.15, 0.2) is 0 Å². The molecule has 1 aromatic heterocycles. The second-order valence-electron chi connectivity index (χ2n) is 8.04. The highest BCUT2D eigenvalue weighted by Crippen LogP contribution is 2.29. The Morgan fingerprint density at radius 1 is 0.889 bits per heavy atom. The Morgan fingerprint density at radius 2 is 1.52 bits per heavy atom. The van der Waals surface area contributed by atoms with Crippen LogP contribution in [0.15, 0.2) is 43.0 Å². The lowest BCUT2D eigenvalue weighted by Crippen LogP contribution is -2.30. The molecule has 2 heteroatoms. The Balaban J connectivity index is 2.19. The van der Waals surface area contributed by atoms with Gasteiger partial charge < -0.3 is 0 Å². The first-order chi connectivity index (χ1) is 12.8. The fourth-order valence-electron chi connectivity index (χ4n) is 4.21. The molecule has 0 saturated heterocycles. The summed E-state index contributed by atoms with van der Waals surface area (Å²) in [6, 6.07) is 9.27. The summed E-state index contributed by atoms with van der Waals surface area (Å²) in [5.41, 5.74) is 10.9. The second kappa shape index (κ2) is 7.72. The van der Waals surface area contributed by atoms with Crippen molar-refractivity contribution < 1.29 is 4.57 Å². The molecule has 0 saturated carbocycles. The number of aryl methyl sites for hydroxylation is 5. The van der Waals surface area contributed by atoms with Crippen LogP contribution in [-0.4, -0.2) is 4.57 Å². The maximum absolute atomic E-state index is 2.35. The highest BCUT2D eigenvalue weighted by atomic mass is 15.1. The molecule has 1 heterocycles. The van der Waals surface area contributed by atoms with E-state index in [2.05, 4.69) is 101 Å². The monoisotopic (exact) mass is 361 g/mol. The van der Waals surface area contributed by atoms with Crippen LogP contribution in [-0.2, 0) is 12.8 Å². The average Bonchev–Trinajstić information content (AvgIpc) is 3.08. The third-order valence-corrected chi connectivity index (χ3v) is 5.42. The number of nitrogens with zero attached hydrogens (tertiary/aromatic N) is 2. The Morgan fingerprint density at radius 3 is 2.15 bits per heavy atom. The van der Waals surface area contributed by atoms with E-state index in [1.165, 1.54) is 44.8 Å². The molecule has 142 valence electrons. The minimum Gasteiger partial charge on any atom is -0.202 e. The third kappa shape index (κ3) is 3.71. The van der Waals surface area contributed by atoms with Crippen molar-refractivity contribution in [2.24, 2.45) is 0 Å². The summed E-state index contributed by atoms with van der Waals surface area (Å²) in [5, 5.41) is 0. The molecule has 0 unspecified atom stereocenters. The van der Waals surface area contributed by atoms with Gasteiger partial charge in [0, 0.05) is 5.56 Å². The van der Waals surface area contributed by atoms with E-state index in [4.69, 9.17) is 0 Å². The minimum absolute atomic E-state index is 0.494. The van der Waals surface area contributed by atoms with E-state index >= 15 is 0 Å². The molecular formula is C25H33N2+. The van der Waals surface area contributed by atoms with Crippen LogP contribution in [0.1, 0.15) is 67.0 Å². The van der Waals surface area contributed by atoms with Gasteiger partial charge in [-0.25, -0.2) is 9.13 Å². The summed E-state index contributed by atoms with van der Waals surface area (Å²) in [4.78, 5) is 0. The molecule has 2 nitrogen and oxygen atoms in total. The van der Waals surface area contributed by atoms with E-state index in [-0.39, 0.29) is 0 Å². The smallest absolute Gasteiger partial charge is 0.202 e. The zero-order valence-corrected chi connectivity index (χ0v) is 17.9. The molecule has 0 fully saturated rings. The van der Waals surface area contributed by atoms with E-state index in [9.17, 15) is 0 Å². The van der Waals surface area contributed by atoms with Crippen molar-refractivity contribution in [3.8, 4) is 11.4 Å². The Labute approximate surface area is 164 Å². The molecule has 0 aliphatic carbocycles. The highest BCUT2D eigenvalue weighted by Gasteiger charge is 2.20. The number of imidazole rings is 1. The fourth-order valence-corrected chi connectivity index (χ4v) is 4.21. The predicted molar refractivity (Wildman–Crippen MR) is 114 cm³/mol. The summed E-state index contributed by atoms with van der Waals surface area (Å²) in [6.07, 6.45) is 8.72. The molecule has 27 heavy (non-hydrogen) atoms. The van der Waals surface area contributed by atoms with Gasteiger partial charge in [0.05, 0.1) is 0 Å². The minimum atomic E-state index is 0.494. The average molecular weight is 362 g/mol. The van der Waals surface area contributed by atoms with Crippen LogP contribution in [0.25, 0.3) is 11.4 Å². The van der Waals surface area contributed by atoms with Crippen LogP contribution >= 0.6 is 0 Å². The zero-order valence-electron chi connectivity index (χ0n) is 17.9. The lowest BCUT2D eigenvalue weighted by atomic mass is 9.94. The molecule has 0 aliphatic rings. The van der Waals surface area contributed by atoms with Gasteiger partial charge in [0.25, 0.3) is 6.33 Å². The maximum atomic E-state index is 2.35. The molecule has 0 aliphatic heterocycles. The molecule has 0 amide bonds. The summed E-state index contributed by atoms with van der Waals surface area (Å²) >= 11 is 0. The number of hydrogen-bond donors (Lipinski definition) is 0. The van der Waals surface area contributed by atoms with Crippen LogP contribution in [0.5, 0.6) is 0 Å². The van der Waals surface area contributed by atoms with Crippen LogP contribution in [0.2, 0.25) is 0 Å². The van der Waals surface area contributed by atoms with Crippen molar-refractivity contribution in [1.82, 2.24) is 4.57 Å². The normalized spacial score (nSPS) is 11.4. The van der Waals surface area contributed by atoms with Gasteiger partial charge in [-0.3, -0.25) is 0 Å². The summed E-state index contributed by atoms with van der Waals surface area (Å²) < 4.78 is 4.60. The lowest BCUT2D eigenvalue weighted by molar-refractivity contribution is -0.595. The number of rotatable bonds is 5. The predicted octanol–water partition coefficient (Wildman–Crippen LogP) is 5.93. The molecule has 0 N–H and O–H groups in total. The quantitative estimate of drug-likeness (QED) is 0.498. The largest absolute Gasteiger partial charge is 0.254 e. The van der Waals surface area contributed by atoms with E-state index in [0.717, 1.165) is 12.8 Å². The van der Waals surface area contributed by atoms with Gasteiger partial charge in [-0.1, -0.05) is 63.1 Å². The Hall–Kier alpha value is -2.35. The molecule has 3 aromatic rings. The zero-order chi connectivity index (χ0) is 19.7. The molecule has 0 bridgehead atoms. The van der Waals surface area contributed by atoms with E-state index < -0.39 is 0 Å². The Kier molecular flexibility index (Phi) is 5.55. The van der Waals surface area contributed by atoms with Gasteiger partial charge in [0.1, 0.15) is 23.8 Å². The van der Waals surface area contributed by atoms with Crippen molar-refractivity contribution in [2.45, 2.75) is 67.2 Å². The van der Waals surface area contributed by atoms with Gasteiger partial charge in [-0.2, -0.15) is 0 Å². The van der Waals surface area contributed by atoms with Gasteiger partial charge in [0.2, 0.25) is 0 Å². The van der Waals surface area contributed by atoms with E-state index in [0.29, 0.717) is 5.92 Å². The van der Waals surface area contributed by atoms with Crippen molar-refractivity contribution >= 4 is 0 Å². The maximum Gasteiger partial charge on any atom is 0.254 e. The van der Waals surface area contributed by atoms with Gasteiger partial charge in [-0.05, 0) is 56.2 Å². The van der Waals surface area contributed by atoms with Crippen LogP contribution in [0.4, 0.5) is 0 Å². The number of aromatic nitrogens is 2. The first kappa shape index (κ1) is 19.4. The number of benzene rings is 2. The second-order valence-corrected chi connectivity index (χ2v) is 8.04. The third-order valence-electron chi connectivity index (χ3n) is 5.42. The topological polar surface area (TPSA) is 8.81 Å². The van der Waals surface area contributed by atoms with Crippen molar-refractivity contribution in [3.05, 3.63) is 76.4 Å². The fraction of sp³-hybridized carbons (Fsp3) is 0.400. The molecule has 0 atom stereocenters. The van der Waals surface area contributed by atoms with Gasteiger partial charge in [-0.15, -0.1) is 0 Å². The summed E-state index contributed by atoms with van der Waals surface area (Å²) in [6.45, 7) is 15.7. The van der Waals surface area contributed by atoms with Crippen molar-refractivity contribution in [2.75, 3.05) is 0 Å². The number of hydrogen-bond acceptors (Lipinski definition) is 0.